The Morgan fingerprint density at radius 2 is 1.68 bits per heavy atom. The molecule has 0 saturated heterocycles. The second-order valence-electron chi connectivity index (χ2n) is 7.60. The summed E-state index contributed by atoms with van der Waals surface area (Å²) in [5.41, 5.74) is 3.26. The first-order valence-electron chi connectivity index (χ1n) is 10.7. The summed E-state index contributed by atoms with van der Waals surface area (Å²) in [5, 5.41) is 14.7. The highest BCUT2D eigenvalue weighted by atomic mass is 127. The van der Waals surface area contributed by atoms with Gasteiger partial charge < -0.3 is 4.42 Å². The van der Waals surface area contributed by atoms with Crippen LogP contribution in [0.25, 0.3) is 11.3 Å². The predicted molar refractivity (Wildman–Crippen MR) is 147 cm³/mol. The highest BCUT2D eigenvalue weighted by Gasteiger charge is 2.27. The van der Waals surface area contributed by atoms with Crippen molar-refractivity contribution in [2.45, 2.75) is 4.90 Å². The van der Waals surface area contributed by atoms with Crippen LogP contribution in [0.3, 0.4) is 0 Å². The molecule has 0 radical (unpaired) electrons. The van der Waals surface area contributed by atoms with Crippen molar-refractivity contribution in [2.75, 3.05) is 10.8 Å². The molecule has 0 aliphatic carbocycles. The van der Waals surface area contributed by atoms with E-state index in [4.69, 9.17) is 4.42 Å². The number of rotatable bonds is 9. The zero-order valence-electron chi connectivity index (χ0n) is 19.0. The van der Waals surface area contributed by atoms with Gasteiger partial charge in [-0.1, -0.05) is 18.2 Å². The van der Waals surface area contributed by atoms with E-state index in [0.29, 0.717) is 22.8 Å². The second-order valence-corrected chi connectivity index (χ2v) is 10.7. The lowest BCUT2D eigenvalue weighted by Gasteiger charge is -2.23. The van der Waals surface area contributed by atoms with Crippen molar-refractivity contribution in [1.82, 2.24) is 5.43 Å². The van der Waals surface area contributed by atoms with Crippen LogP contribution in [-0.2, 0) is 14.8 Å². The van der Waals surface area contributed by atoms with Gasteiger partial charge in [-0.3, -0.25) is 19.2 Å². The standard InChI is InChI=1S/C25H19IN4O6S/c26-19-8-12-20(13-9-19)29(37(34,35)23-4-2-1-3-5-23)17-25(31)28-27-16-22-14-15-24(36-22)18-6-10-21(11-7-18)30(32)33/h1-16H,17H2,(H,28,31)/b27-16-. The van der Waals surface area contributed by atoms with Gasteiger partial charge in [0, 0.05) is 21.3 Å². The zero-order valence-corrected chi connectivity index (χ0v) is 22.0. The molecular formula is C25H19IN4O6S. The maximum absolute atomic E-state index is 13.3. The monoisotopic (exact) mass is 630 g/mol. The minimum Gasteiger partial charge on any atom is -0.455 e. The molecule has 1 N–H and O–H groups in total. The molecule has 4 aromatic rings. The molecule has 0 fully saturated rings. The minimum atomic E-state index is -4.02. The number of carbonyl (C=O) groups excluding carboxylic acids is 1. The van der Waals surface area contributed by atoms with Crippen molar-refractivity contribution >= 4 is 56.1 Å². The van der Waals surface area contributed by atoms with E-state index in [1.165, 1.54) is 30.5 Å². The number of nitro groups is 1. The summed E-state index contributed by atoms with van der Waals surface area (Å²) in [5.74, 6) is 0.123. The number of hydrazone groups is 1. The van der Waals surface area contributed by atoms with E-state index in [9.17, 15) is 23.3 Å². The average Bonchev–Trinajstić information content (AvgIpc) is 3.37. The van der Waals surface area contributed by atoms with Crippen LogP contribution in [0.4, 0.5) is 11.4 Å². The number of nitro benzene ring substituents is 1. The van der Waals surface area contributed by atoms with Crippen molar-refractivity contribution < 1.29 is 22.6 Å². The molecule has 1 amide bonds. The van der Waals surface area contributed by atoms with Gasteiger partial charge in [0.15, 0.2) is 0 Å². The summed E-state index contributed by atoms with van der Waals surface area (Å²) in [7, 11) is -4.02. The Bertz CT molecular complexity index is 1540. The Labute approximate surface area is 226 Å². The van der Waals surface area contributed by atoms with E-state index in [2.05, 4.69) is 33.1 Å². The summed E-state index contributed by atoms with van der Waals surface area (Å²) in [6.45, 7) is -0.499. The maximum atomic E-state index is 13.3. The van der Waals surface area contributed by atoms with Crippen molar-refractivity contribution in [3.63, 3.8) is 0 Å². The van der Waals surface area contributed by atoms with Crippen LogP contribution in [0.5, 0.6) is 0 Å². The number of nitrogens with one attached hydrogen (secondary N) is 1. The molecule has 188 valence electrons. The Morgan fingerprint density at radius 1 is 1.00 bits per heavy atom. The van der Waals surface area contributed by atoms with Gasteiger partial charge in [-0.25, -0.2) is 13.8 Å². The highest BCUT2D eigenvalue weighted by Crippen LogP contribution is 2.25. The third-order valence-electron chi connectivity index (χ3n) is 5.10. The predicted octanol–water partition coefficient (Wildman–Crippen LogP) is 4.81. The van der Waals surface area contributed by atoms with E-state index in [-0.39, 0.29) is 10.6 Å². The summed E-state index contributed by atoms with van der Waals surface area (Å²) in [6, 6.07) is 23.7. The smallest absolute Gasteiger partial charge is 0.269 e. The Kier molecular flexibility index (Phi) is 7.98. The molecule has 4 rings (SSSR count). The van der Waals surface area contributed by atoms with Gasteiger partial charge in [0.25, 0.3) is 21.6 Å². The fourth-order valence-electron chi connectivity index (χ4n) is 3.30. The molecule has 10 nitrogen and oxygen atoms in total. The van der Waals surface area contributed by atoms with Crippen molar-refractivity contribution in [3.8, 4) is 11.3 Å². The molecule has 37 heavy (non-hydrogen) atoms. The van der Waals surface area contributed by atoms with Crippen LogP contribution in [0, 0.1) is 13.7 Å². The van der Waals surface area contributed by atoms with E-state index >= 15 is 0 Å². The number of carbonyl (C=O) groups is 1. The molecule has 12 heteroatoms. The SMILES string of the molecule is O=C(CN(c1ccc(I)cc1)S(=O)(=O)c1ccccc1)N/N=C\c1ccc(-c2ccc([N+](=O)[O-])cc2)o1. The molecule has 0 aliphatic rings. The molecule has 0 bridgehead atoms. The summed E-state index contributed by atoms with van der Waals surface area (Å²) >= 11 is 2.11. The Hall–Kier alpha value is -4.04. The molecule has 1 heterocycles. The number of sulfonamides is 1. The van der Waals surface area contributed by atoms with Gasteiger partial charge in [-0.15, -0.1) is 0 Å². The number of non-ortho nitro benzene ring substituents is 1. The summed E-state index contributed by atoms with van der Waals surface area (Å²) in [6.07, 6.45) is 1.27. The number of anilines is 1. The van der Waals surface area contributed by atoms with Crippen molar-refractivity contribution in [2.24, 2.45) is 5.10 Å². The molecule has 0 unspecified atom stereocenters. The van der Waals surface area contributed by atoms with Crippen LogP contribution in [0.2, 0.25) is 0 Å². The number of hydrogen-bond donors (Lipinski definition) is 1. The maximum Gasteiger partial charge on any atom is 0.269 e. The lowest BCUT2D eigenvalue weighted by Crippen LogP contribution is -2.39. The highest BCUT2D eigenvalue weighted by molar-refractivity contribution is 14.1. The van der Waals surface area contributed by atoms with Gasteiger partial charge in [-0.2, -0.15) is 5.10 Å². The molecule has 0 saturated carbocycles. The van der Waals surface area contributed by atoms with Crippen molar-refractivity contribution in [3.05, 3.63) is 110 Å². The third-order valence-corrected chi connectivity index (χ3v) is 7.61. The normalized spacial score (nSPS) is 11.4. The van der Waals surface area contributed by atoms with Crippen LogP contribution in [0.15, 0.2) is 105 Å². The van der Waals surface area contributed by atoms with Gasteiger partial charge in [0.2, 0.25) is 0 Å². The summed E-state index contributed by atoms with van der Waals surface area (Å²) in [4.78, 5) is 23.0. The first-order valence-corrected chi connectivity index (χ1v) is 13.3. The van der Waals surface area contributed by atoms with Crippen LogP contribution >= 0.6 is 22.6 Å². The van der Waals surface area contributed by atoms with Gasteiger partial charge in [0.1, 0.15) is 18.1 Å². The molecule has 0 spiro atoms. The Balaban J connectivity index is 1.46. The fourth-order valence-corrected chi connectivity index (χ4v) is 5.10. The molecule has 0 atom stereocenters. The lowest BCUT2D eigenvalue weighted by atomic mass is 10.1. The molecule has 1 aromatic heterocycles. The van der Waals surface area contributed by atoms with Gasteiger partial charge >= 0.3 is 0 Å². The first-order chi connectivity index (χ1) is 17.7. The van der Waals surface area contributed by atoms with Crippen LogP contribution in [0.1, 0.15) is 5.76 Å². The zero-order chi connectivity index (χ0) is 26.4. The van der Waals surface area contributed by atoms with E-state index in [1.54, 1.807) is 66.7 Å². The third kappa shape index (κ3) is 6.40. The molecule has 3 aromatic carbocycles. The number of amides is 1. The molecular weight excluding hydrogens is 611 g/mol. The van der Waals surface area contributed by atoms with Gasteiger partial charge in [-0.05, 0) is 83.3 Å². The van der Waals surface area contributed by atoms with Gasteiger partial charge in [0.05, 0.1) is 21.7 Å². The topological polar surface area (TPSA) is 135 Å². The lowest BCUT2D eigenvalue weighted by molar-refractivity contribution is -0.384. The average molecular weight is 630 g/mol. The van der Waals surface area contributed by atoms with Crippen molar-refractivity contribution in [1.29, 1.82) is 0 Å². The van der Waals surface area contributed by atoms with Crippen LogP contribution < -0.4 is 9.73 Å². The first kappa shape index (κ1) is 26.0. The number of benzene rings is 3. The summed E-state index contributed by atoms with van der Waals surface area (Å²) < 4.78 is 34.2. The number of nitrogens with zero attached hydrogens (tertiary/aromatic N) is 3. The van der Waals surface area contributed by atoms with E-state index in [0.717, 1.165) is 7.88 Å². The quantitative estimate of drug-likeness (QED) is 0.122. The van der Waals surface area contributed by atoms with E-state index < -0.39 is 27.4 Å². The minimum absolute atomic E-state index is 0.0339. The van der Waals surface area contributed by atoms with Crippen LogP contribution in [-0.4, -0.2) is 32.0 Å². The number of furan rings is 1. The number of hydrogen-bond acceptors (Lipinski definition) is 7. The van der Waals surface area contributed by atoms with E-state index in [1.807, 2.05) is 0 Å². The number of halogens is 1. The molecule has 0 aliphatic heterocycles. The fraction of sp³-hybridized carbons (Fsp3) is 0.0400. The second kappa shape index (κ2) is 11.3. The largest absolute Gasteiger partial charge is 0.455 e. The Morgan fingerprint density at radius 3 is 2.32 bits per heavy atom.